The summed E-state index contributed by atoms with van der Waals surface area (Å²) in [5, 5.41) is 22.9. The molecular weight excluding hydrogens is 328 g/mol. The average Bonchev–Trinajstić information content (AvgIpc) is 3.18. The molecule has 3 aromatic heterocycles. The molecule has 3 N–H and O–H groups in total. The lowest BCUT2D eigenvalue weighted by Gasteiger charge is -2.15. The molecular formula is C15H16N6O2S. The summed E-state index contributed by atoms with van der Waals surface area (Å²) in [5.74, 6) is 1.15. The molecule has 0 saturated carbocycles. The highest BCUT2D eigenvalue weighted by Gasteiger charge is 2.37. The maximum atomic E-state index is 10.2. The molecule has 0 aliphatic carbocycles. The summed E-state index contributed by atoms with van der Waals surface area (Å²) < 4.78 is 1.89. The van der Waals surface area contributed by atoms with Crippen LogP contribution in [0.15, 0.2) is 37.2 Å². The molecule has 3 atom stereocenters. The van der Waals surface area contributed by atoms with Crippen LogP contribution in [-0.2, 0) is 6.54 Å². The maximum absolute atomic E-state index is 10.2. The Morgan fingerprint density at radius 1 is 1.17 bits per heavy atom. The molecule has 0 spiro atoms. The first kappa shape index (κ1) is 15.3. The van der Waals surface area contributed by atoms with Gasteiger partial charge >= 0.3 is 0 Å². The van der Waals surface area contributed by atoms with Gasteiger partial charge in [-0.3, -0.25) is 14.4 Å². The van der Waals surface area contributed by atoms with Crippen molar-refractivity contribution in [2.45, 2.75) is 24.0 Å². The normalized spacial score (nSPS) is 23.7. The Balaban J connectivity index is 1.62. The Hall–Kier alpha value is -2.23. The molecule has 0 aromatic carbocycles. The molecule has 0 unspecified atom stereocenters. The van der Waals surface area contributed by atoms with Crippen LogP contribution in [0.25, 0.3) is 5.65 Å². The molecule has 1 aliphatic heterocycles. The van der Waals surface area contributed by atoms with Crippen LogP contribution in [0.1, 0.15) is 16.6 Å². The summed E-state index contributed by atoms with van der Waals surface area (Å²) in [5.41, 5.74) is 2.33. The monoisotopic (exact) mass is 344 g/mol. The zero-order valence-electron chi connectivity index (χ0n) is 12.6. The van der Waals surface area contributed by atoms with Gasteiger partial charge < -0.3 is 15.5 Å². The number of nitrogens with zero attached hydrogens (tertiary/aromatic N) is 5. The molecule has 1 aliphatic rings. The highest BCUT2D eigenvalue weighted by molar-refractivity contribution is 7.99. The summed E-state index contributed by atoms with van der Waals surface area (Å²) >= 11 is 1.53. The molecule has 3 aromatic rings. The number of aliphatic hydroxyl groups excluding tert-OH is 2. The molecule has 124 valence electrons. The molecule has 4 heterocycles. The second-order valence-electron chi connectivity index (χ2n) is 5.51. The van der Waals surface area contributed by atoms with Gasteiger partial charge in [-0.15, -0.1) is 11.8 Å². The molecule has 1 fully saturated rings. The predicted molar refractivity (Wildman–Crippen MR) is 89.6 cm³/mol. The second-order valence-corrected chi connectivity index (χ2v) is 6.69. The molecule has 0 amide bonds. The Kier molecular flexibility index (Phi) is 4.05. The fourth-order valence-corrected chi connectivity index (χ4v) is 4.06. The van der Waals surface area contributed by atoms with E-state index in [1.165, 1.54) is 11.8 Å². The fraction of sp³-hybridized carbons (Fsp3) is 0.333. The van der Waals surface area contributed by atoms with Gasteiger partial charge in [0.05, 0.1) is 47.8 Å². The van der Waals surface area contributed by atoms with Crippen LogP contribution in [0.3, 0.4) is 0 Å². The first-order valence-electron chi connectivity index (χ1n) is 7.52. The van der Waals surface area contributed by atoms with E-state index in [-0.39, 0.29) is 5.25 Å². The number of anilines is 1. The number of aliphatic hydroxyl groups is 2. The third-order valence-corrected chi connectivity index (χ3v) is 5.37. The minimum absolute atomic E-state index is 0.203. The zero-order valence-corrected chi connectivity index (χ0v) is 13.5. The Labute approximate surface area is 142 Å². The summed E-state index contributed by atoms with van der Waals surface area (Å²) in [4.78, 5) is 17.0. The molecule has 24 heavy (non-hydrogen) atoms. The van der Waals surface area contributed by atoms with E-state index in [1.54, 1.807) is 31.0 Å². The number of rotatable bonds is 4. The van der Waals surface area contributed by atoms with Crippen molar-refractivity contribution in [3.63, 3.8) is 0 Å². The van der Waals surface area contributed by atoms with Crippen LogP contribution in [0.5, 0.6) is 0 Å². The third-order valence-electron chi connectivity index (χ3n) is 3.95. The smallest absolute Gasteiger partial charge is 0.180 e. The third kappa shape index (κ3) is 2.70. The van der Waals surface area contributed by atoms with Gasteiger partial charge in [0.15, 0.2) is 11.5 Å². The quantitative estimate of drug-likeness (QED) is 0.633. The first-order valence-corrected chi connectivity index (χ1v) is 8.57. The highest BCUT2D eigenvalue weighted by Crippen LogP contribution is 2.40. The maximum Gasteiger partial charge on any atom is 0.180 e. The van der Waals surface area contributed by atoms with Crippen molar-refractivity contribution in [3.05, 3.63) is 48.6 Å². The van der Waals surface area contributed by atoms with Crippen LogP contribution in [-0.4, -0.2) is 52.5 Å². The van der Waals surface area contributed by atoms with Gasteiger partial charge in [-0.1, -0.05) is 0 Å². The lowest BCUT2D eigenvalue weighted by atomic mass is 10.1. The first-order chi connectivity index (χ1) is 11.7. The number of thioether (sulfide) groups is 1. The molecule has 9 heteroatoms. The van der Waals surface area contributed by atoms with Crippen LogP contribution < -0.4 is 5.32 Å². The van der Waals surface area contributed by atoms with Crippen molar-refractivity contribution < 1.29 is 10.2 Å². The van der Waals surface area contributed by atoms with Gasteiger partial charge in [-0.2, -0.15) is 0 Å². The van der Waals surface area contributed by atoms with E-state index in [2.05, 4.69) is 25.3 Å². The van der Waals surface area contributed by atoms with Gasteiger partial charge in [0.2, 0.25) is 0 Å². The van der Waals surface area contributed by atoms with E-state index in [4.69, 9.17) is 0 Å². The van der Waals surface area contributed by atoms with Crippen molar-refractivity contribution in [1.29, 1.82) is 0 Å². The van der Waals surface area contributed by atoms with E-state index in [0.29, 0.717) is 23.8 Å². The molecule has 4 rings (SSSR count). The van der Waals surface area contributed by atoms with Crippen molar-refractivity contribution in [3.8, 4) is 0 Å². The number of imidazole rings is 1. The van der Waals surface area contributed by atoms with E-state index >= 15 is 0 Å². The SMILES string of the molecule is O[C@@H]1[C@H](O)CS[C@H]1c1cnc2c(NCc3cnccn3)nccn12. The number of nitrogens with one attached hydrogen (secondary N) is 1. The summed E-state index contributed by atoms with van der Waals surface area (Å²) in [6, 6.07) is 0. The summed E-state index contributed by atoms with van der Waals surface area (Å²) in [6.07, 6.45) is 8.68. The van der Waals surface area contributed by atoms with E-state index in [1.807, 2.05) is 10.6 Å². The van der Waals surface area contributed by atoms with Gasteiger partial charge in [0.25, 0.3) is 0 Å². The van der Waals surface area contributed by atoms with Crippen molar-refractivity contribution in [1.82, 2.24) is 24.3 Å². The standard InChI is InChI=1S/C15H16N6O2S/c22-11-8-24-13(12(11)23)10-7-20-15-14(18-3-4-21(10)15)19-6-9-5-16-1-2-17-9/h1-5,7,11-13,22-23H,6,8H2,(H,18,19)/t11-,12-,13+/m1/s1. The van der Waals surface area contributed by atoms with Gasteiger partial charge in [0, 0.05) is 30.5 Å². The van der Waals surface area contributed by atoms with Gasteiger partial charge in [-0.25, -0.2) is 9.97 Å². The number of aromatic nitrogens is 5. The lowest BCUT2D eigenvalue weighted by molar-refractivity contribution is 0.0411. The molecule has 0 radical (unpaired) electrons. The summed E-state index contributed by atoms with van der Waals surface area (Å²) in [7, 11) is 0. The Bertz CT molecular complexity index is 842. The molecule has 0 bridgehead atoms. The van der Waals surface area contributed by atoms with Gasteiger partial charge in [0.1, 0.15) is 0 Å². The predicted octanol–water partition coefficient (Wildman–Crippen LogP) is 0.641. The Morgan fingerprint density at radius 3 is 2.83 bits per heavy atom. The van der Waals surface area contributed by atoms with Crippen molar-refractivity contribution in [2.24, 2.45) is 0 Å². The van der Waals surface area contributed by atoms with Crippen LogP contribution in [0.2, 0.25) is 0 Å². The summed E-state index contributed by atoms with van der Waals surface area (Å²) in [6.45, 7) is 0.488. The largest absolute Gasteiger partial charge is 0.390 e. The number of fused-ring (bicyclic) bond motifs is 1. The molecule has 1 saturated heterocycles. The lowest BCUT2D eigenvalue weighted by Crippen LogP contribution is -2.25. The van der Waals surface area contributed by atoms with E-state index < -0.39 is 12.2 Å². The minimum Gasteiger partial charge on any atom is -0.390 e. The van der Waals surface area contributed by atoms with Crippen LogP contribution in [0, 0.1) is 0 Å². The zero-order chi connectivity index (χ0) is 16.5. The average molecular weight is 344 g/mol. The highest BCUT2D eigenvalue weighted by atomic mass is 32.2. The van der Waals surface area contributed by atoms with Crippen LogP contribution in [0.4, 0.5) is 5.82 Å². The number of hydrogen-bond acceptors (Lipinski definition) is 8. The second kappa shape index (κ2) is 6.34. The topological polar surface area (TPSA) is 108 Å². The number of hydrogen-bond donors (Lipinski definition) is 3. The van der Waals surface area contributed by atoms with Gasteiger partial charge in [-0.05, 0) is 0 Å². The van der Waals surface area contributed by atoms with Crippen LogP contribution >= 0.6 is 11.8 Å². The Morgan fingerprint density at radius 2 is 2.08 bits per heavy atom. The molecule has 8 nitrogen and oxygen atoms in total. The van der Waals surface area contributed by atoms with Crippen molar-refractivity contribution in [2.75, 3.05) is 11.1 Å². The van der Waals surface area contributed by atoms with E-state index in [9.17, 15) is 10.2 Å². The fourth-order valence-electron chi connectivity index (χ4n) is 2.73. The minimum atomic E-state index is -0.793. The van der Waals surface area contributed by atoms with E-state index in [0.717, 1.165) is 11.4 Å². The van der Waals surface area contributed by atoms with Crippen molar-refractivity contribution >= 4 is 23.2 Å².